The zero-order chi connectivity index (χ0) is 15.6. The van der Waals surface area contributed by atoms with Crippen molar-refractivity contribution in [3.8, 4) is 0 Å². The number of carbonyl (C=O) groups excluding carboxylic acids is 1. The van der Waals surface area contributed by atoms with Crippen LogP contribution in [0.5, 0.6) is 0 Å². The Labute approximate surface area is 120 Å². The van der Waals surface area contributed by atoms with E-state index in [0.29, 0.717) is 5.56 Å². The number of alkyl halides is 2. The predicted octanol–water partition coefficient (Wildman–Crippen LogP) is 3.11. The number of piperidine rings is 1. The smallest absolute Gasteiger partial charge is 0.270 e. The lowest BCUT2D eigenvalue weighted by atomic mass is 10.0. The van der Waals surface area contributed by atoms with Crippen molar-refractivity contribution in [3.63, 3.8) is 0 Å². The van der Waals surface area contributed by atoms with E-state index in [1.54, 1.807) is 0 Å². The maximum atomic E-state index is 13.4. The number of non-ortho nitro benzene ring substituents is 1. The molecule has 7 heteroatoms. The minimum Gasteiger partial charge on any atom is -0.333 e. The third kappa shape index (κ3) is 3.42. The van der Waals surface area contributed by atoms with Crippen LogP contribution in [0.25, 0.3) is 6.08 Å². The molecule has 1 aliphatic heterocycles. The molecule has 0 aliphatic carbocycles. The number of nitrogens with zero attached hydrogens (tertiary/aromatic N) is 2. The number of benzene rings is 1. The molecule has 0 unspecified atom stereocenters. The van der Waals surface area contributed by atoms with Crippen LogP contribution in [0, 0.1) is 10.1 Å². The maximum absolute atomic E-state index is 13.4. The lowest BCUT2D eigenvalue weighted by molar-refractivity contribution is -0.384. The van der Waals surface area contributed by atoms with Crippen molar-refractivity contribution in [2.45, 2.75) is 18.8 Å². The molecule has 1 aliphatic rings. The molecule has 5 nitrogen and oxygen atoms in total. The largest absolute Gasteiger partial charge is 0.333 e. The van der Waals surface area contributed by atoms with Crippen LogP contribution in [0.15, 0.2) is 24.8 Å². The first kappa shape index (κ1) is 15.1. The highest BCUT2D eigenvalue weighted by Gasteiger charge is 2.37. The summed E-state index contributed by atoms with van der Waals surface area (Å²) in [6, 6.07) is 3.78. The van der Waals surface area contributed by atoms with Gasteiger partial charge in [0.15, 0.2) is 0 Å². The Bertz CT molecular complexity index is 602. The first-order valence-corrected chi connectivity index (χ1v) is 6.41. The summed E-state index contributed by atoms with van der Waals surface area (Å²) in [4.78, 5) is 23.5. The summed E-state index contributed by atoms with van der Waals surface area (Å²) in [6.45, 7) is 3.07. The molecule has 0 saturated carbocycles. The van der Waals surface area contributed by atoms with Crippen LogP contribution < -0.4 is 0 Å². The van der Waals surface area contributed by atoms with Gasteiger partial charge in [0.2, 0.25) is 0 Å². The zero-order valence-corrected chi connectivity index (χ0v) is 11.2. The lowest BCUT2D eigenvalue weighted by Crippen LogP contribution is -2.45. The van der Waals surface area contributed by atoms with Gasteiger partial charge in [-0.15, -0.1) is 0 Å². The summed E-state index contributed by atoms with van der Waals surface area (Å²) in [5.41, 5.74) is 0.160. The summed E-state index contributed by atoms with van der Waals surface area (Å²) in [5, 5.41) is 10.8. The van der Waals surface area contributed by atoms with Crippen molar-refractivity contribution in [2.24, 2.45) is 0 Å². The number of hydrogen-bond donors (Lipinski definition) is 0. The van der Waals surface area contributed by atoms with Crippen LogP contribution in [-0.4, -0.2) is 34.7 Å². The normalized spacial score (nSPS) is 17.3. The van der Waals surface area contributed by atoms with E-state index in [0.717, 1.165) is 11.0 Å². The molecule has 0 atom stereocenters. The molecular weight excluding hydrogens is 282 g/mol. The fourth-order valence-corrected chi connectivity index (χ4v) is 2.30. The number of rotatable bonds is 3. The third-order valence-electron chi connectivity index (χ3n) is 3.31. The van der Waals surface area contributed by atoms with Gasteiger partial charge >= 0.3 is 0 Å². The molecule has 1 fully saturated rings. The minimum atomic E-state index is -2.91. The van der Waals surface area contributed by atoms with Crippen LogP contribution in [-0.2, 0) is 0 Å². The quantitative estimate of drug-likeness (QED) is 0.636. The van der Waals surface area contributed by atoms with Crippen molar-refractivity contribution in [2.75, 3.05) is 13.1 Å². The van der Waals surface area contributed by atoms with Gasteiger partial charge in [-0.3, -0.25) is 14.9 Å². The van der Waals surface area contributed by atoms with Crippen LogP contribution in [0.3, 0.4) is 0 Å². The number of nitro benzene ring substituents is 1. The van der Waals surface area contributed by atoms with E-state index in [-0.39, 0.29) is 30.6 Å². The van der Waals surface area contributed by atoms with Gasteiger partial charge in [-0.2, -0.15) is 0 Å². The number of hydrogen-bond acceptors (Lipinski definition) is 3. The molecule has 1 heterocycles. The monoisotopic (exact) mass is 296 g/mol. The highest BCUT2D eigenvalue weighted by Crippen LogP contribution is 2.28. The molecule has 0 aromatic heterocycles. The molecule has 1 aromatic carbocycles. The number of carbonyl (C=O) groups is 1. The Balaban J connectivity index is 2.32. The van der Waals surface area contributed by atoms with Crippen molar-refractivity contribution < 1.29 is 18.5 Å². The number of nitro groups is 1. The summed E-state index contributed by atoms with van der Waals surface area (Å²) in [6.07, 6.45) is 1.33. The standard InChI is InChI=1S/C14H14F2N2O3/c1-2-10-6-11(8-12(7-10)18(20)21)13(19)17-5-3-4-14(15,16)9-17/h2,6-8H,1,3-5,9H2. The molecule has 1 aromatic rings. The van der Waals surface area contributed by atoms with E-state index in [1.165, 1.54) is 18.2 Å². The molecule has 112 valence electrons. The van der Waals surface area contributed by atoms with Gasteiger partial charge in [0, 0.05) is 30.7 Å². The Hall–Kier alpha value is -2.31. The number of halogens is 2. The maximum Gasteiger partial charge on any atom is 0.270 e. The van der Waals surface area contributed by atoms with E-state index in [2.05, 4.69) is 6.58 Å². The summed E-state index contributed by atoms with van der Waals surface area (Å²) in [5.74, 6) is -3.53. The van der Waals surface area contributed by atoms with Gasteiger partial charge in [0.05, 0.1) is 11.5 Å². The van der Waals surface area contributed by atoms with Crippen LogP contribution >= 0.6 is 0 Å². The average Bonchev–Trinajstić information content (AvgIpc) is 2.44. The van der Waals surface area contributed by atoms with Crippen LogP contribution in [0.2, 0.25) is 0 Å². The molecule has 1 amide bonds. The molecule has 0 spiro atoms. The topological polar surface area (TPSA) is 63.5 Å². The molecule has 2 rings (SSSR count). The van der Waals surface area contributed by atoms with Gasteiger partial charge in [-0.1, -0.05) is 12.7 Å². The summed E-state index contributed by atoms with van der Waals surface area (Å²) in [7, 11) is 0. The van der Waals surface area contributed by atoms with Crippen LogP contribution in [0.1, 0.15) is 28.8 Å². The molecule has 0 N–H and O–H groups in total. The molecular formula is C14H14F2N2O3. The second-order valence-corrected chi connectivity index (χ2v) is 4.96. The molecule has 1 saturated heterocycles. The first-order chi connectivity index (χ1) is 9.82. The predicted molar refractivity (Wildman–Crippen MR) is 73.3 cm³/mol. The molecule has 0 radical (unpaired) electrons. The second kappa shape index (κ2) is 5.59. The summed E-state index contributed by atoms with van der Waals surface area (Å²) >= 11 is 0. The highest BCUT2D eigenvalue weighted by molar-refractivity contribution is 5.95. The fraction of sp³-hybridized carbons (Fsp3) is 0.357. The van der Waals surface area contributed by atoms with E-state index in [4.69, 9.17) is 0 Å². The fourth-order valence-electron chi connectivity index (χ4n) is 2.30. The van der Waals surface area contributed by atoms with E-state index in [1.807, 2.05) is 0 Å². The molecule has 0 bridgehead atoms. The minimum absolute atomic E-state index is 0.0248. The van der Waals surface area contributed by atoms with Gasteiger partial charge < -0.3 is 4.90 Å². The van der Waals surface area contributed by atoms with Gasteiger partial charge in [-0.25, -0.2) is 8.78 Å². The third-order valence-corrected chi connectivity index (χ3v) is 3.31. The summed E-state index contributed by atoms with van der Waals surface area (Å²) < 4.78 is 26.7. The van der Waals surface area contributed by atoms with Gasteiger partial charge in [-0.05, 0) is 18.1 Å². The first-order valence-electron chi connectivity index (χ1n) is 6.41. The Morgan fingerprint density at radius 2 is 2.14 bits per heavy atom. The SMILES string of the molecule is C=Cc1cc(C(=O)N2CCCC(F)(F)C2)cc([N+](=O)[O-])c1. The number of amides is 1. The Morgan fingerprint density at radius 3 is 2.71 bits per heavy atom. The van der Waals surface area contributed by atoms with Crippen molar-refractivity contribution >= 4 is 17.7 Å². The zero-order valence-electron chi connectivity index (χ0n) is 11.2. The van der Waals surface area contributed by atoms with Crippen molar-refractivity contribution in [3.05, 3.63) is 46.0 Å². The van der Waals surface area contributed by atoms with Crippen molar-refractivity contribution in [1.82, 2.24) is 4.90 Å². The Kier molecular flexibility index (Phi) is 4.02. The lowest BCUT2D eigenvalue weighted by Gasteiger charge is -2.32. The number of likely N-dealkylation sites (tertiary alicyclic amines) is 1. The highest BCUT2D eigenvalue weighted by atomic mass is 19.3. The van der Waals surface area contributed by atoms with E-state index >= 15 is 0 Å². The van der Waals surface area contributed by atoms with Crippen molar-refractivity contribution in [1.29, 1.82) is 0 Å². The van der Waals surface area contributed by atoms with Gasteiger partial charge in [0.25, 0.3) is 17.5 Å². The second-order valence-electron chi connectivity index (χ2n) is 4.96. The van der Waals surface area contributed by atoms with Gasteiger partial charge in [0.1, 0.15) is 0 Å². The van der Waals surface area contributed by atoms with Crippen LogP contribution in [0.4, 0.5) is 14.5 Å². The average molecular weight is 296 g/mol. The Morgan fingerprint density at radius 1 is 1.43 bits per heavy atom. The van der Waals surface area contributed by atoms with E-state index in [9.17, 15) is 23.7 Å². The molecule has 21 heavy (non-hydrogen) atoms. The van der Waals surface area contributed by atoms with E-state index < -0.39 is 23.3 Å².